The van der Waals surface area contributed by atoms with Gasteiger partial charge in [-0.25, -0.2) is 13.1 Å². The molecule has 0 radical (unpaired) electrons. The quantitative estimate of drug-likeness (QED) is 0.854. The van der Waals surface area contributed by atoms with E-state index in [1.54, 1.807) is 57.5 Å². The molecule has 1 heterocycles. The van der Waals surface area contributed by atoms with Crippen LogP contribution in [0.3, 0.4) is 0 Å². The summed E-state index contributed by atoms with van der Waals surface area (Å²) >= 11 is 0. The van der Waals surface area contributed by atoms with E-state index in [-0.39, 0.29) is 4.90 Å². The highest BCUT2D eigenvalue weighted by molar-refractivity contribution is 7.89. The first kappa shape index (κ1) is 17.6. The number of hydrogen-bond donors (Lipinski definition) is 1. The third-order valence-electron chi connectivity index (χ3n) is 4.21. The summed E-state index contributed by atoms with van der Waals surface area (Å²) in [6.07, 6.45) is 0.720. The van der Waals surface area contributed by atoms with E-state index in [1.165, 1.54) is 0 Å². The molecule has 1 aliphatic heterocycles. The van der Waals surface area contributed by atoms with Crippen molar-refractivity contribution in [1.29, 1.82) is 0 Å². The molecule has 1 atom stereocenters. The van der Waals surface area contributed by atoms with Crippen molar-refractivity contribution in [1.82, 2.24) is 4.72 Å². The fourth-order valence-electron chi connectivity index (χ4n) is 2.87. The summed E-state index contributed by atoms with van der Waals surface area (Å²) in [5, 5.41) is 0. The van der Waals surface area contributed by atoms with Gasteiger partial charge in [-0.05, 0) is 48.9 Å². The minimum atomic E-state index is -3.68. The molecule has 3 rings (SSSR count). The van der Waals surface area contributed by atoms with E-state index in [1.807, 2.05) is 0 Å². The van der Waals surface area contributed by atoms with Crippen LogP contribution in [0.4, 0.5) is 0 Å². The fraction of sp³-hybridized carbons (Fsp3) is 0.333. The van der Waals surface area contributed by atoms with E-state index < -0.39 is 16.1 Å². The Morgan fingerprint density at radius 1 is 1.12 bits per heavy atom. The molecule has 0 aromatic heterocycles. The molecule has 1 N–H and O–H groups in total. The van der Waals surface area contributed by atoms with E-state index in [4.69, 9.17) is 14.2 Å². The second-order valence-electron chi connectivity index (χ2n) is 5.82. The van der Waals surface area contributed by atoms with E-state index in [2.05, 4.69) is 4.72 Å². The van der Waals surface area contributed by atoms with Gasteiger partial charge in [-0.2, -0.15) is 0 Å². The Morgan fingerprint density at radius 2 is 1.92 bits per heavy atom. The molecule has 0 fully saturated rings. The summed E-state index contributed by atoms with van der Waals surface area (Å²) in [6, 6.07) is 9.73. The lowest BCUT2D eigenvalue weighted by Gasteiger charge is -2.18. The Morgan fingerprint density at radius 3 is 2.64 bits per heavy atom. The molecule has 0 saturated heterocycles. The summed E-state index contributed by atoms with van der Waals surface area (Å²) in [7, 11) is -0.565. The van der Waals surface area contributed by atoms with Crippen molar-refractivity contribution in [2.75, 3.05) is 20.8 Å². The van der Waals surface area contributed by atoms with Gasteiger partial charge in [-0.3, -0.25) is 0 Å². The van der Waals surface area contributed by atoms with Gasteiger partial charge in [0, 0.05) is 18.0 Å². The number of nitrogens with one attached hydrogen (secondary N) is 1. The summed E-state index contributed by atoms with van der Waals surface area (Å²) in [6.45, 7) is 2.36. The van der Waals surface area contributed by atoms with Crippen LogP contribution in [0, 0.1) is 0 Å². The fourth-order valence-corrected chi connectivity index (χ4v) is 4.15. The van der Waals surface area contributed by atoms with Crippen LogP contribution in [-0.4, -0.2) is 29.2 Å². The maximum absolute atomic E-state index is 12.7. The summed E-state index contributed by atoms with van der Waals surface area (Å²) in [5.74, 6) is 1.98. The Labute approximate surface area is 147 Å². The monoisotopic (exact) mass is 363 g/mol. The molecule has 2 aromatic rings. The number of ether oxygens (including phenoxy) is 3. The summed E-state index contributed by atoms with van der Waals surface area (Å²) in [4.78, 5) is 0.227. The number of benzene rings is 2. The third-order valence-corrected chi connectivity index (χ3v) is 5.74. The highest BCUT2D eigenvalue weighted by atomic mass is 32.2. The zero-order valence-electron chi connectivity index (χ0n) is 14.4. The van der Waals surface area contributed by atoms with Crippen LogP contribution in [0.1, 0.15) is 24.1 Å². The Balaban J connectivity index is 1.88. The molecule has 7 heteroatoms. The Hall–Kier alpha value is -2.25. The number of fused-ring (bicyclic) bond motifs is 1. The van der Waals surface area contributed by atoms with Gasteiger partial charge in [-0.1, -0.05) is 0 Å². The van der Waals surface area contributed by atoms with Crippen LogP contribution in [0.5, 0.6) is 17.2 Å². The topological polar surface area (TPSA) is 73.9 Å². The first-order chi connectivity index (χ1) is 11.9. The standard InChI is InChI=1S/C18H21NO5S/c1-12(16-11-14(22-2)4-6-18(16)23-3)19-25(20,21)15-5-7-17-13(10-15)8-9-24-17/h4-7,10-12,19H,8-9H2,1-3H3/t12-/m1/s1. The van der Waals surface area contributed by atoms with Gasteiger partial charge in [-0.15, -0.1) is 0 Å². The van der Waals surface area contributed by atoms with E-state index in [0.29, 0.717) is 23.7 Å². The molecule has 0 bridgehead atoms. The molecular formula is C18H21NO5S. The van der Waals surface area contributed by atoms with Crippen LogP contribution >= 0.6 is 0 Å². The molecule has 0 spiro atoms. The highest BCUT2D eigenvalue weighted by Gasteiger charge is 2.23. The zero-order valence-corrected chi connectivity index (χ0v) is 15.2. The van der Waals surface area contributed by atoms with Crippen molar-refractivity contribution in [3.63, 3.8) is 0 Å². The molecular weight excluding hydrogens is 342 g/mol. The lowest BCUT2D eigenvalue weighted by molar-refractivity contribution is 0.356. The van der Waals surface area contributed by atoms with Crippen molar-refractivity contribution in [3.05, 3.63) is 47.5 Å². The molecule has 0 amide bonds. The molecule has 6 nitrogen and oxygen atoms in total. The maximum atomic E-state index is 12.7. The molecule has 2 aromatic carbocycles. The molecule has 25 heavy (non-hydrogen) atoms. The average Bonchev–Trinajstić information content (AvgIpc) is 3.08. The first-order valence-electron chi connectivity index (χ1n) is 7.94. The number of sulfonamides is 1. The SMILES string of the molecule is COc1ccc(OC)c([C@@H](C)NS(=O)(=O)c2ccc3c(c2)CCO3)c1. The van der Waals surface area contributed by atoms with Gasteiger partial charge < -0.3 is 14.2 Å². The third kappa shape index (κ3) is 3.57. The largest absolute Gasteiger partial charge is 0.497 e. The van der Waals surface area contributed by atoms with Gasteiger partial charge in [0.05, 0.1) is 25.7 Å². The lowest BCUT2D eigenvalue weighted by Crippen LogP contribution is -2.27. The first-order valence-corrected chi connectivity index (χ1v) is 9.43. The summed E-state index contributed by atoms with van der Waals surface area (Å²) < 4.78 is 44.2. The summed E-state index contributed by atoms with van der Waals surface area (Å²) in [5.41, 5.74) is 1.62. The van der Waals surface area contributed by atoms with Gasteiger partial charge in [0.15, 0.2) is 0 Å². The zero-order chi connectivity index (χ0) is 18.0. The number of hydrogen-bond acceptors (Lipinski definition) is 5. The van der Waals surface area contributed by atoms with Gasteiger partial charge in [0.1, 0.15) is 17.2 Å². The Kier molecular flexibility index (Phi) is 4.87. The average molecular weight is 363 g/mol. The minimum Gasteiger partial charge on any atom is -0.497 e. The Bertz CT molecular complexity index is 879. The normalized spacial score (nSPS) is 14.5. The van der Waals surface area contributed by atoms with Crippen molar-refractivity contribution in [2.24, 2.45) is 0 Å². The predicted molar refractivity (Wildman–Crippen MR) is 93.9 cm³/mol. The molecule has 0 aliphatic carbocycles. The molecule has 134 valence electrons. The second-order valence-corrected chi connectivity index (χ2v) is 7.53. The van der Waals surface area contributed by atoms with Gasteiger partial charge >= 0.3 is 0 Å². The second kappa shape index (κ2) is 6.93. The molecule has 0 saturated carbocycles. The van der Waals surface area contributed by atoms with E-state index in [0.717, 1.165) is 17.7 Å². The van der Waals surface area contributed by atoms with E-state index in [9.17, 15) is 8.42 Å². The van der Waals surface area contributed by atoms with Crippen LogP contribution in [-0.2, 0) is 16.4 Å². The van der Waals surface area contributed by atoms with Crippen LogP contribution < -0.4 is 18.9 Å². The lowest BCUT2D eigenvalue weighted by atomic mass is 10.1. The van der Waals surface area contributed by atoms with Crippen molar-refractivity contribution >= 4 is 10.0 Å². The number of rotatable bonds is 6. The van der Waals surface area contributed by atoms with Gasteiger partial charge in [0.25, 0.3) is 0 Å². The van der Waals surface area contributed by atoms with E-state index >= 15 is 0 Å². The van der Waals surface area contributed by atoms with Crippen LogP contribution in [0.25, 0.3) is 0 Å². The van der Waals surface area contributed by atoms with Crippen molar-refractivity contribution < 1.29 is 22.6 Å². The minimum absolute atomic E-state index is 0.227. The van der Waals surface area contributed by atoms with Gasteiger partial charge in [0.2, 0.25) is 10.0 Å². The molecule has 1 aliphatic rings. The van der Waals surface area contributed by atoms with Crippen molar-refractivity contribution in [2.45, 2.75) is 24.3 Å². The van der Waals surface area contributed by atoms with Crippen LogP contribution in [0.2, 0.25) is 0 Å². The molecule has 0 unspecified atom stereocenters. The number of methoxy groups -OCH3 is 2. The predicted octanol–water partition coefficient (Wildman–Crippen LogP) is 2.68. The smallest absolute Gasteiger partial charge is 0.241 e. The maximum Gasteiger partial charge on any atom is 0.241 e. The van der Waals surface area contributed by atoms with Crippen LogP contribution in [0.15, 0.2) is 41.3 Å². The van der Waals surface area contributed by atoms with Crippen molar-refractivity contribution in [3.8, 4) is 17.2 Å². The highest BCUT2D eigenvalue weighted by Crippen LogP contribution is 2.31.